The number of aromatic hydroxyl groups is 1. The molecule has 13 heavy (non-hydrogen) atoms. The van der Waals surface area contributed by atoms with Crippen LogP contribution in [-0.2, 0) is 10.8 Å². The van der Waals surface area contributed by atoms with Gasteiger partial charge in [0.05, 0.1) is 17.0 Å². The Hall–Kier alpha value is -0.900. The number of hydrogen-bond acceptors (Lipinski definition) is 3. The first-order valence-electron chi connectivity index (χ1n) is 4.27. The van der Waals surface area contributed by atoms with Gasteiger partial charge in [-0.2, -0.15) is 0 Å². The van der Waals surface area contributed by atoms with Gasteiger partial charge in [-0.05, 0) is 18.6 Å². The van der Waals surface area contributed by atoms with Gasteiger partial charge in [-0.15, -0.1) is 0 Å². The standard InChI is InChI=1S/C9H13NO2S/c1-2-3-6-13(12)9-5-4-8(11)7-10-9/h4-5,7,11H,2-3,6H2,1H3/t13-/m1/s1. The van der Waals surface area contributed by atoms with Crippen LogP contribution in [0.2, 0.25) is 0 Å². The molecule has 1 N–H and O–H groups in total. The summed E-state index contributed by atoms with van der Waals surface area (Å²) in [5, 5.41) is 9.50. The van der Waals surface area contributed by atoms with Crippen LogP contribution in [0.25, 0.3) is 0 Å². The second kappa shape index (κ2) is 4.97. The van der Waals surface area contributed by atoms with Gasteiger partial charge in [0.15, 0.2) is 0 Å². The molecule has 0 aliphatic heterocycles. The smallest absolute Gasteiger partial charge is 0.133 e. The topological polar surface area (TPSA) is 50.2 Å². The molecule has 4 heteroatoms. The lowest BCUT2D eigenvalue weighted by Gasteiger charge is -1.99. The third kappa shape index (κ3) is 3.14. The number of unbranched alkanes of at least 4 members (excludes halogenated alkanes) is 1. The molecule has 0 fully saturated rings. The molecule has 0 radical (unpaired) electrons. The molecule has 72 valence electrons. The zero-order chi connectivity index (χ0) is 9.68. The third-order valence-electron chi connectivity index (χ3n) is 1.64. The van der Waals surface area contributed by atoms with Crippen LogP contribution in [0.1, 0.15) is 19.8 Å². The van der Waals surface area contributed by atoms with Gasteiger partial charge in [0.25, 0.3) is 0 Å². The van der Waals surface area contributed by atoms with Crippen molar-refractivity contribution in [2.45, 2.75) is 24.8 Å². The quantitative estimate of drug-likeness (QED) is 0.802. The van der Waals surface area contributed by atoms with Crippen molar-refractivity contribution in [1.82, 2.24) is 4.98 Å². The van der Waals surface area contributed by atoms with Crippen LogP contribution in [0.5, 0.6) is 5.75 Å². The highest BCUT2D eigenvalue weighted by atomic mass is 32.2. The van der Waals surface area contributed by atoms with Gasteiger partial charge in [0.2, 0.25) is 0 Å². The first-order valence-corrected chi connectivity index (χ1v) is 5.59. The summed E-state index contributed by atoms with van der Waals surface area (Å²) in [7, 11) is -1.01. The SMILES string of the molecule is CCCC[S@@](=O)c1ccc(O)cn1. The fourth-order valence-electron chi connectivity index (χ4n) is 0.887. The van der Waals surface area contributed by atoms with Crippen LogP contribution in [0, 0.1) is 0 Å². The highest BCUT2D eigenvalue weighted by Gasteiger charge is 2.03. The fraction of sp³-hybridized carbons (Fsp3) is 0.444. The second-order valence-electron chi connectivity index (χ2n) is 2.76. The van der Waals surface area contributed by atoms with E-state index in [2.05, 4.69) is 11.9 Å². The summed E-state index contributed by atoms with van der Waals surface area (Å²) in [6.45, 7) is 2.06. The molecule has 1 aromatic heterocycles. The highest BCUT2D eigenvalue weighted by molar-refractivity contribution is 7.84. The zero-order valence-corrected chi connectivity index (χ0v) is 8.38. The third-order valence-corrected chi connectivity index (χ3v) is 3.00. The average Bonchev–Trinajstić information content (AvgIpc) is 2.15. The van der Waals surface area contributed by atoms with E-state index < -0.39 is 10.8 Å². The predicted octanol–water partition coefficient (Wildman–Crippen LogP) is 1.69. The van der Waals surface area contributed by atoms with E-state index in [9.17, 15) is 4.21 Å². The van der Waals surface area contributed by atoms with Crippen LogP contribution in [-0.4, -0.2) is 20.1 Å². The van der Waals surface area contributed by atoms with Gasteiger partial charge in [-0.3, -0.25) is 4.21 Å². The molecule has 1 atom stereocenters. The van der Waals surface area contributed by atoms with Crippen molar-refractivity contribution in [3.05, 3.63) is 18.3 Å². The number of hydrogen-bond donors (Lipinski definition) is 1. The maximum Gasteiger partial charge on any atom is 0.133 e. The molecule has 3 nitrogen and oxygen atoms in total. The summed E-state index contributed by atoms with van der Waals surface area (Å²) in [6, 6.07) is 3.10. The van der Waals surface area contributed by atoms with Gasteiger partial charge < -0.3 is 5.11 Å². The van der Waals surface area contributed by atoms with Crippen molar-refractivity contribution >= 4 is 10.8 Å². The first kappa shape index (κ1) is 10.2. The van der Waals surface area contributed by atoms with Gasteiger partial charge in [-0.1, -0.05) is 13.3 Å². The molecule has 0 bridgehead atoms. The molecule has 0 aliphatic rings. The monoisotopic (exact) mass is 199 g/mol. The lowest BCUT2D eigenvalue weighted by atomic mass is 10.4. The minimum absolute atomic E-state index is 0.108. The maximum atomic E-state index is 11.5. The summed E-state index contributed by atoms with van der Waals surface area (Å²) in [6.07, 6.45) is 3.29. The molecular weight excluding hydrogens is 186 g/mol. The van der Waals surface area contributed by atoms with Crippen molar-refractivity contribution in [1.29, 1.82) is 0 Å². The van der Waals surface area contributed by atoms with Crippen molar-refractivity contribution in [3.8, 4) is 5.75 Å². The van der Waals surface area contributed by atoms with Crippen molar-refractivity contribution in [2.24, 2.45) is 0 Å². The van der Waals surface area contributed by atoms with E-state index in [0.717, 1.165) is 12.8 Å². The summed E-state index contributed by atoms with van der Waals surface area (Å²) in [4.78, 5) is 3.88. The molecular formula is C9H13NO2S. The largest absolute Gasteiger partial charge is 0.506 e. The summed E-state index contributed by atoms with van der Waals surface area (Å²) in [5.41, 5.74) is 0. The predicted molar refractivity (Wildman–Crippen MR) is 52.1 cm³/mol. The maximum absolute atomic E-state index is 11.5. The van der Waals surface area contributed by atoms with Gasteiger partial charge >= 0.3 is 0 Å². The van der Waals surface area contributed by atoms with Crippen LogP contribution in [0.4, 0.5) is 0 Å². The number of aromatic nitrogens is 1. The Morgan fingerprint density at radius 2 is 2.31 bits per heavy atom. The van der Waals surface area contributed by atoms with Crippen molar-refractivity contribution < 1.29 is 9.32 Å². The molecule has 0 amide bonds. The van der Waals surface area contributed by atoms with E-state index in [1.165, 1.54) is 12.3 Å². The summed E-state index contributed by atoms with van der Waals surface area (Å²) >= 11 is 0. The lowest BCUT2D eigenvalue weighted by Crippen LogP contribution is -1.99. The molecule has 1 heterocycles. The van der Waals surface area contributed by atoms with Crippen LogP contribution < -0.4 is 0 Å². The second-order valence-corrected chi connectivity index (χ2v) is 4.28. The molecule has 0 spiro atoms. The first-order chi connectivity index (χ1) is 6.24. The molecule has 1 rings (SSSR count). The normalized spacial score (nSPS) is 12.7. The lowest BCUT2D eigenvalue weighted by molar-refractivity contribution is 0.471. The van der Waals surface area contributed by atoms with Crippen molar-refractivity contribution in [3.63, 3.8) is 0 Å². The van der Waals surface area contributed by atoms with Gasteiger partial charge in [0, 0.05) is 5.75 Å². The average molecular weight is 199 g/mol. The number of rotatable bonds is 4. The molecule has 0 aliphatic carbocycles. The van der Waals surface area contributed by atoms with Crippen molar-refractivity contribution in [2.75, 3.05) is 5.75 Å². The fourth-order valence-corrected chi connectivity index (χ4v) is 2.04. The van der Waals surface area contributed by atoms with Crippen LogP contribution in [0.15, 0.2) is 23.4 Å². The van der Waals surface area contributed by atoms with E-state index in [-0.39, 0.29) is 5.75 Å². The van der Waals surface area contributed by atoms with E-state index >= 15 is 0 Å². The van der Waals surface area contributed by atoms with Crippen LogP contribution in [0.3, 0.4) is 0 Å². The minimum atomic E-state index is -1.01. The van der Waals surface area contributed by atoms with E-state index in [1.54, 1.807) is 6.07 Å². The Morgan fingerprint density at radius 1 is 1.54 bits per heavy atom. The van der Waals surface area contributed by atoms with Gasteiger partial charge in [-0.25, -0.2) is 4.98 Å². The Labute approximate surface area is 80.3 Å². The van der Waals surface area contributed by atoms with Crippen LogP contribution >= 0.6 is 0 Å². The molecule has 0 unspecified atom stereocenters. The van der Waals surface area contributed by atoms with E-state index in [4.69, 9.17) is 5.11 Å². The minimum Gasteiger partial charge on any atom is -0.506 e. The summed E-state index contributed by atoms with van der Waals surface area (Å²) < 4.78 is 11.5. The molecule has 0 saturated carbocycles. The number of nitrogens with zero attached hydrogens (tertiary/aromatic N) is 1. The number of pyridine rings is 1. The molecule has 0 aromatic carbocycles. The Balaban J connectivity index is 2.61. The Bertz CT molecular complexity index is 284. The van der Waals surface area contributed by atoms with Gasteiger partial charge in [0.1, 0.15) is 10.8 Å². The Morgan fingerprint density at radius 3 is 2.85 bits per heavy atom. The molecule has 0 saturated heterocycles. The zero-order valence-electron chi connectivity index (χ0n) is 7.56. The van der Waals surface area contributed by atoms with E-state index in [1.807, 2.05) is 0 Å². The highest BCUT2D eigenvalue weighted by Crippen LogP contribution is 2.10. The molecule has 1 aromatic rings. The Kier molecular flexibility index (Phi) is 3.89. The summed E-state index contributed by atoms with van der Waals surface area (Å²) in [5.74, 6) is 0.755. The van der Waals surface area contributed by atoms with E-state index in [0.29, 0.717) is 10.8 Å².